The molecule has 0 bridgehead atoms. The molecule has 0 saturated heterocycles. The van der Waals surface area contributed by atoms with E-state index in [0.717, 1.165) is 0 Å². The van der Waals surface area contributed by atoms with Crippen LogP contribution in [0.15, 0.2) is 0 Å². The molecule has 0 aromatic carbocycles. The van der Waals surface area contributed by atoms with Crippen LogP contribution in [0.4, 0.5) is 0 Å². The van der Waals surface area contributed by atoms with Crippen LogP contribution in [0.5, 0.6) is 0 Å². The standard InChI is InChI=1S/2Al.3Ho. The maximum Gasteiger partial charge on any atom is 0 e. The van der Waals surface area contributed by atoms with Gasteiger partial charge in [0, 0.05) is 148 Å². The van der Waals surface area contributed by atoms with Gasteiger partial charge in [0.15, 0.2) is 0 Å². The average Bonchev–Trinajstić information content (AvgIpc) is 0. The molecule has 5 heavy (non-hydrogen) atoms. The first kappa shape index (κ1) is 32.8. The number of rotatable bonds is 0. The second-order valence-electron chi connectivity index (χ2n) is 0. The van der Waals surface area contributed by atoms with Crippen molar-refractivity contribution in [2.24, 2.45) is 0 Å². The van der Waals surface area contributed by atoms with Crippen molar-refractivity contribution in [1.29, 1.82) is 0 Å². The van der Waals surface area contributed by atoms with E-state index in [-0.39, 0.29) is 148 Å². The van der Waals surface area contributed by atoms with Crippen LogP contribution in [0.3, 0.4) is 0 Å². The molecule has 0 saturated carbocycles. The van der Waals surface area contributed by atoms with Crippen molar-refractivity contribution in [2.45, 2.75) is 0 Å². The summed E-state index contributed by atoms with van der Waals surface area (Å²) in [6.07, 6.45) is 0. The Labute approximate surface area is 143 Å². The van der Waals surface area contributed by atoms with E-state index in [1.54, 1.807) is 0 Å². The fourth-order valence-corrected chi connectivity index (χ4v) is 0. The van der Waals surface area contributed by atoms with E-state index in [0.29, 0.717) is 0 Å². The molecule has 9 radical (unpaired) electrons. The van der Waals surface area contributed by atoms with Gasteiger partial charge in [0.1, 0.15) is 0 Å². The van der Waals surface area contributed by atoms with Crippen molar-refractivity contribution in [1.82, 2.24) is 0 Å². The molecule has 0 fully saturated rings. The van der Waals surface area contributed by atoms with Gasteiger partial charge < -0.3 is 0 Å². The third-order valence-electron chi connectivity index (χ3n) is 0. The topological polar surface area (TPSA) is 0 Å². The van der Waals surface area contributed by atoms with E-state index in [2.05, 4.69) is 0 Å². The molecule has 0 heterocycles. The van der Waals surface area contributed by atoms with Gasteiger partial charge in [-0.3, -0.25) is 0 Å². The minimum atomic E-state index is 0. The number of hydrogen-bond acceptors (Lipinski definition) is 0. The second-order valence-corrected chi connectivity index (χ2v) is 0. The zero-order valence-corrected chi connectivity index (χ0v) is 10.2. The maximum absolute atomic E-state index is 0. The molecule has 0 spiro atoms. The van der Waals surface area contributed by atoms with Crippen LogP contribution in [-0.2, 0) is 0 Å². The van der Waals surface area contributed by atoms with Gasteiger partial charge in [0.25, 0.3) is 0 Å². The van der Waals surface area contributed by atoms with Crippen molar-refractivity contribution in [3.8, 4) is 0 Å². The van der Waals surface area contributed by atoms with Crippen molar-refractivity contribution in [3.05, 3.63) is 0 Å². The molecule has 0 aromatic heterocycles. The third kappa shape index (κ3) is 17.7. The quantitative estimate of drug-likeness (QED) is 0.350. The Morgan fingerprint density at radius 1 is 0.400 bits per heavy atom. The fourth-order valence-electron chi connectivity index (χ4n) is 0. The summed E-state index contributed by atoms with van der Waals surface area (Å²) in [5.74, 6) is 0. The minimum absolute atomic E-state index is 0. The molecule has 0 atom stereocenters. The summed E-state index contributed by atoms with van der Waals surface area (Å²) in [5.41, 5.74) is 0. The van der Waals surface area contributed by atoms with E-state index in [9.17, 15) is 0 Å². The van der Waals surface area contributed by atoms with Crippen LogP contribution >= 0.6 is 0 Å². The summed E-state index contributed by atoms with van der Waals surface area (Å²) in [7, 11) is 0. The maximum atomic E-state index is 0. The fraction of sp³-hybridized carbons (Fsp3) is 0. The molecular formula is Al2Ho3. The Hall–Kier alpha value is 4.84. The van der Waals surface area contributed by atoms with Gasteiger partial charge >= 0.3 is 0 Å². The summed E-state index contributed by atoms with van der Waals surface area (Å²) >= 11 is 0. The van der Waals surface area contributed by atoms with Crippen LogP contribution in [0.2, 0.25) is 0 Å². The largest absolute Gasteiger partial charge is 0 e. The third-order valence-corrected chi connectivity index (χ3v) is 0. The predicted octanol–water partition coefficient (Wildman–Crippen LogP) is -0.762. The van der Waals surface area contributed by atoms with Gasteiger partial charge in [-0.2, -0.15) is 0 Å². The molecule has 0 aromatic rings. The van der Waals surface area contributed by atoms with Crippen molar-refractivity contribution in [3.63, 3.8) is 0 Å². The van der Waals surface area contributed by atoms with Crippen LogP contribution in [0.1, 0.15) is 0 Å². The molecular weight excluding hydrogens is 549 g/mol. The van der Waals surface area contributed by atoms with Crippen LogP contribution in [-0.4, -0.2) is 34.7 Å². The molecule has 0 nitrogen and oxygen atoms in total. The zero-order valence-electron chi connectivity index (χ0n) is 2.06. The number of hydrogen-bond donors (Lipinski definition) is 0. The molecule has 0 unspecified atom stereocenters. The molecule has 0 aliphatic heterocycles. The first-order valence-corrected chi connectivity index (χ1v) is 0. The Bertz CT molecular complexity index is 4.85. The van der Waals surface area contributed by atoms with E-state index in [4.69, 9.17) is 0 Å². The van der Waals surface area contributed by atoms with Gasteiger partial charge in [0.05, 0.1) is 0 Å². The SMILES string of the molecule is [Al].[Al].[Ho].[Ho].[Ho]. The normalized spacial score (nSPS) is 0. The summed E-state index contributed by atoms with van der Waals surface area (Å²) in [4.78, 5) is 0. The van der Waals surface area contributed by atoms with Crippen molar-refractivity contribution in [2.75, 3.05) is 0 Å². The van der Waals surface area contributed by atoms with Crippen molar-refractivity contribution < 1.29 is 113 Å². The zero-order chi connectivity index (χ0) is 0. The average molecular weight is 549 g/mol. The van der Waals surface area contributed by atoms with Gasteiger partial charge in [-0.15, -0.1) is 0 Å². The Kier molecular flexibility index (Phi) is 152. The smallest absolute Gasteiger partial charge is 0 e. The molecule has 5 heteroatoms. The minimum Gasteiger partial charge on any atom is 0 e. The van der Waals surface area contributed by atoms with Gasteiger partial charge in [0.2, 0.25) is 0 Å². The Morgan fingerprint density at radius 2 is 0.400 bits per heavy atom. The molecule has 39 valence electrons. The Balaban J connectivity index is 0. The monoisotopic (exact) mass is 549 g/mol. The Morgan fingerprint density at radius 3 is 0.400 bits per heavy atom. The molecule has 0 aliphatic rings. The van der Waals surface area contributed by atoms with E-state index in [1.807, 2.05) is 0 Å². The van der Waals surface area contributed by atoms with Gasteiger partial charge in [-0.05, 0) is 0 Å². The van der Waals surface area contributed by atoms with Crippen molar-refractivity contribution >= 4 is 34.7 Å². The molecule has 0 rings (SSSR count). The molecule has 0 N–H and O–H groups in total. The van der Waals surface area contributed by atoms with Crippen LogP contribution in [0.25, 0.3) is 0 Å². The summed E-state index contributed by atoms with van der Waals surface area (Å²) in [6, 6.07) is 0. The molecule has 0 amide bonds. The first-order valence-electron chi connectivity index (χ1n) is 0. The first-order chi connectivity index (χ1) is 0. The summed E-state index contributed by atoms with van der Waals surface area (Å²) in [5, 5.41) is 0. The van der Waals surface area contributed by atoms with Gasteiger partial charge in [-0.25, -0.2) is 0 Å². The summed E-state index contributed by atoms with van der Waals surface area (Å²) in [6.45, 7) is 0. The van der Waals surface area contributed by atoms with Gasteiger partial charge in [-0.1, -0.05) is 0 Å². The van der Waals surface area contributed by atoms with Crippen LogP contribution < -0.4 is 0 Å². The predicted molar refractivity (Wildman–Crippen MR) is 11.5 cm³/mol. The van der Waals surface area contributed by atoms with E-state index >= 15 is 0 Å². The summed E-state index contributed by atoms with van der Waals surface area (Å²) < 4.78 is 0. The van der Waals surface area contributed by atoms with E-state index in [1.165, 1.54) is 0 Å². The second kappa shape index (κ2) is 23.2. The van der Waals surface area contributed by atoms with Crippen LogP contribution in [0, 0.1) is 113 Å². The molecule has 0 aliphatic carbocycles. The van der Waals surface area contributed by atoms with E-state index < -0.39 is 0 Å².